The van der Waals surface area contributed by atoms with Crippen LogP contribution < -0.4 is 10.6 Å². The molecule has 2 amide bonds. The van der Waals surface area contributed by atoms with Gasteiger partial charge in [0.15, 0.2) is 5.13 Å². The number of nitrogens with one attached hydrogen (secondary N) is 2. The van der Waals surface area contributed by atoms with E-state index in [4.69, 9.17) is 0 Å². The molecule has 1 aliphatic heterocycles. The number of hydrogen-bond donors (Lipinski definition) is 2. The van der Waals surface area contributed by atoms with Crippen molar-refractivity contribution >= 4 is 39.6 Å². The molecular formula is C22H24N4O2S2. The first-order chi connectivity index (χ1) is 14.7. The van der Waals surface area contributed by atoms with Crippen molar-refractivity contribution in [1.82, 2.24) is 15.2 Å². The van der Waals surface area contributed by atoms with Crippen LogP contribution >= 0.6 is 22.7 Å². The van der Waals surface area contributed by atoms with Gasteiger partial charge in [0.05, 0.1) is 17.7 Å². The maximum atomic E-state index is 12.4. The number of benzene rings is 1. The van der Waals surface area contributed by atoms with E-state index in [2.05, 4.69) is 44.8 Å². The summed E-state index contributed by atoms with van der Waals surface area (Å²) in [7, 11) is 0. The van der Waals surface area contributed by atoms with Crippen molar-refractivity contribution < 1.29 is 9.59 Å². The average Bonchev–Trinajstić information content (AvgIpc) is 3.43. The number of piperidine rings is 1. The molecule has 0 saturated carbocycles. The number of rotatable bonds is 7. The molecule has 1 fully saturated rings. The van der Waals surface area contributed by atoms with Gasteiger partial charge in [-0.25, -0.2) is 4.98 Å². The number of likely N-dealkylation sites (tertiary alicyclic amines) is 1. The van der Waals surface area contributed by atoms with E-state index in [-0.39, 0.29) is 24.3 Å². The van der Waals surface area contributed by atoms with Crippen LogP contribution in [0.4, 0.5) is 5.13 Å². The van der Waals surface area contributed by atoms with Gasteiger partial charge in [-0.05, 0) is 29.9 Å². The van der Waals surface area contributed by atoms with Crippen molar-refractivity contribution in [2.45, 2.75) is 31.8 Å². The van der Waals surface area contributed by atoms with Crippen LogP contribution in [0, 0.1) is 0 Å². The van der Waals surface area contributed by atoms with E-state index in [0.717, 1.165) is 32.5 Å². The summed E-state index contributed by atoms with van der Waals surface area (Å²) in [5, 5.41) is 11.9. The smallest absolute Gasteiger partial charge is 0.258 e. The number of nitrogens with zero attached hydrogens (tertiary/aromatic N) is 2. The predicted octanol–water partition coefficient (Wildman–Crippen LogP) is 3.78. The van der Waals surface area contributed by atoms with Crippen molar-refractivity contribution in [3.63, 3.8) is 0 Å². The number of carbonyl (C=O) groups excluding carboxylic acids is 2. The van der Waals surface area contributed by atoms with Gasteiger partial charge < -0.3 is 5.32 Å². The topological polar surface area (TPSA) is 74.3 Å². The van der Waals surface area contributed by atoms with Gasteiger partial charge in [0.1, 0.15) is 0 Å². The molecule has 0 bridgehead atoms. The van der Waals surface area contributed by atoms with Gasteiger partial charge in [-0.3, -0.25) is 19.8 Å². The van der Waals surface area contributed by atoms with Crippen molar-refractivity contribution in [2.24, 2.45) is 0 Å². The van der Waals surface area contributed by atoms with Crippen LogP contribution in [0.15, 0.2) is 52.5 Å². The molecule has 0 radical (unpaired) electrons. The molecule has 1 aliphatic rings. The van der Waals surface area contributed by atoms with Gasteiger partial charge in [0, 0.05) is 36.4 Å². The lowest BCUT2D eigenvalue weighted by atomic mass is 10.0. The fourth-order valence-corrected chi connectivity index (χ4v) is 4.87. The third kappa shape index (κ3) is 5.75. The number of carbonyl (C=O) groups is 2. The van der Waals surface area contributed by atoms with Crippen molar-refractivity contribution in [1.29, 1.82) is 0 Å². The van der Waals surface area contributed by atoms with Crippen LogP contribution in [0.2, 0.25) is 0 Å². The van der Waals surface area contributed by atoms with Crippen LogP contribution in [0.5, 0.6) is 0 Å². The summed E-state index contributed by atoms with van der Waals surface area (Å²) < 4.78 is 0. The van der Waals surface area contributed by atoms with Crippen LogP contribution in [0.1, 0.15) is 34.5 Å². The molecule has 30 heavy (non-hydrogen) atoms. The van der Waals surface area contributed by atoms with Gasteiger partial charge in [0.25, 0.3) is 5.91 Å². The number of anilines is 1. The molecule has 1 saturated heterocycles. The first-order valence-corrected chi connectivity index (χ1v) is 11.8. The Kier molecular flexibility index (Phi) is 6.88. The van der Waals surface area contributed by atoms with Crippen molar-refractivity contribution in [3.05, 3.63) is 69.4 Å². The molecule has 2 N–H and O–H groups in total. The SMILES string of the molecule is O=C(Cc1csc(NC(=O)c2ccsc2)n1)NC1CCN(Cc2ccccc2)CC1. The highest BCUT2D eigenvalue weighted by atomic mass is 32.1. The summed E-state index contributed by atoms with van der Waals surface area (Å²) in [5.74, 6) is -0.193. The Morgan fingerprint density at radius 1 is 1.10 bits per heavy atom. The Bertz CT molecular complexity index is 964. The molecule has 6 nitrogen and oxygen atoms in total. The Balaban J connectivity index is 1.20. The third-order valence-electron chi connectivity index (χ3n) is 5.10. The Morgan fingerprint density at radius 2 is 1.90 bits per heavy atom. The first kappa shape index (κ1) is 20.7. The normalized spacial score (nSPS) is 15.1. The van der Waals surface area contributed by atoms with E-state index in [1.807, 2.05) is 16.8 Å². The fraction of sp³-hybridized carbons (Fsp3) is 0.318. The molecule has 8 heteroatoms. The maximum Gasteiger partial charge on any atom is 0.258 e. The van der Waals surface area contributed by atoms with Crippen molar-refractivity contribution in [3.8, 4) is 0 Å². The number of hydrogen-bond acceptors (Lipinski definition) is 6. The summed E-state index contributed by atoms with van der Waals surface area (Å²) in [4.78, 5) is 31.3. The minimum atomic E-state index is -0.177. The summed E-state index contributed by atoms with van der Waals surface area (Å²) in [6.07, 6.45) is 2.14. The summed E-state index contributed by atoms with van der Waals surface area (Å²) in [6.45, 7) is 2.92. The molecule has 3 heterocycles. The zero-order valence-electron chi connectivity index (χ0n) is 16.5. The van der Waals surface area contributed by atoms with E-state index in [1.54, 1.807) is 11.4 Å². The minimum Gasteiger partial charge on any atom is -0.353 e. The molecule has 0 spiro atoms. The van der Waals surface area contributed by atoms with Gasteiger partial charge in [-0.1, -0.05) is 30.3 Å². The second-order valence-corrected chi connectivity index (χ2v) is 9.03. The molecule has 2 aromatic heterocycles. The van der Waals surface area contributed by atoms with Crippen LogP contribution in [0.3, 0.4) is 0 Å². The number of aromatic nitrogens is 1. The highest BCUT2D eigenvalue weighted by Gasteiger charge is 2.21. The molecule has 156 valence electrons. The van der Waals surface area contributed by atoms with E-state index in [0.29, 0.717) is 16.4 Å². The summed E-state index contributed by atoms with van der Waals surface area (Å²) in [5.41, 5.74) is 2.62. The van der Waals surface area contributed by atoms with E-state index < -0.39 is 0 Å². The first-order valence-electron chi connectivity index (χ1n) is 9.99. The highest BCUT2D eigenvalue weighted by molar-refractivity contribution is 7.14. The molecule has 1 aromatic carbocycles. The quantitative estimate of drug-likeness (QED) is 0.586. The van der Waals surface area contributed by atoms with Gasteiger partial charge >= 0.3 is 0 Å². The molecular weight excluding hydrogens is 416 g/mol. The monoisotopic (exact) mass is 440 g/mol. The fourth-order valence-electron chi connectivity index (χ4n) is 3.53. The summed E-state index contributed by atoms with van der Waals surface area (Å²) in [6, 6.07) is 12.5. The maximum absolute atomic E-state index is 12.4. The predicted molar refractivity (Wildman–Crippen MR) is 121 cm³/mol. The Hall–Kier alpha value is -2.55. The lowest BCUT2D eigenvalue weighted by molar-refractivity contribution is -0.121. The standard InChI is InChI=1S/C22H24N4O2S2/c27-20(12-19-15-30-22(24-19)25-21(28)17-8-11-29-14-17)23-18-6-9-26(10-7-18)13-16-4-2-1-3-5-16/h1-5,8,11,14-15,18H,6-7,9-10,12-13H2,(H,23,27)(H,24,25,28). The Labute approximate surface area is 184 Å². The zero-order chi connectivity index (χ0) is 20.8. The molecule has 4 rings (SSSR count). The van der Waals surface area contributed by atoms with E-state index >= 15 is 0 Å². The number of amides is 2. The van der Waals surface area contributed by atoms with Gasteiger partial charge in [-0.15, -0.1) is 11.3 Å². The third-order valence-corrected chi connectivity index (χ3v) is 6.59. The average molecular weight is 441 g/mol. The molecule has 0 aliphatic carbocycles. The van der Waals surface area contributed by atoms with Crippen LogP contribution in [-0.4, -0.2) is 40.8 Å². The lowest BCUT2D eigenvalue weighted by Crippen LogP contribution is -2.44. The number of thiophene rings is 1. The van der Waals surface area contributed by atoms with Gasteiger partial charge in [0.2, 0.25) is 5.91 Å². The Morgan fingerprint density at radius 3 is 2.63 bits per heavy atom. The van der Waals surface area contributed by atoms with Gasteiger partial charge in [-0.2, -0.15) is 11.3 Å². The molecule has 0 atom stereocenters. The zero-order valence-corrected chi connectivity index (χ0v) is 18.2. The minimum absolute atomic E-state index is 0.0162. The number of thiazole rings is 1. The summed E-state index contributed by atoms with van der Waals surface area (Å²) >= 11 is 2.81. The van der Waals surface area contributed by atoms with E-state index in [1.165, 1.54) is 28.2 Å². The largest absolute Gasteiger partial charge is 0.353 e. The second-order valence-electron chi connectivity index (χ2n) is 7.39. The molecule has 0 unspecified atom stereocenters. The van der Waals surface area contributed by atoms with Crippen molar-refractivity contribution in [2.75, 3.05) is 18.4 Å². The second kappa shape index (κ2) is 9.97. The molecule has 3 aromatic rings. The lowest BCUT2D eigenvalue weighted by Gasteiger charge is -2.32. The highest BCUT2D eigenvalue weighted by Crippen LogP contribution is 2.18. The van der Waals surface area contributed by atoms with E-state index in [9.17, 15) is 9.59 Å². The van der Waals surface area contributed by atoms with Crippen LogP contribution in [0.25, 0.3) is 0 Å². The van der Waals surface area contributed by atoms with Crippen LogP contribution in [-0.2, 0) is 17.8 Å².